The van der Waals surface area contributed by atoms with Crippen molar-refractivity contribution in [3.8, 4) is 5.75 Å². The topological polar surface area (TPSA) is 53.1 Å². The normalized spacial score (nSPS) is 19.0. The molecule has 2 heterocycles. The minimum Gasteiger partial charge on any atom is -0.484 e. The van der Waals surface area contributed by atoms with Crippen molar-refractivity contribution in [2.75, 3.05) is 50.8 Å². The molecule has 0 spiro atoms. The Morgan fingerprint density at radius 2 is 1.79 bits per heavy atom. The highest BCUT2D eigenvalue weighted by Gasteiger charge is 2.22. The average Bonchev–Trinajstić information content (AvgIpc) is 3.06. The van der Waals surface area contributed by atoms with Gasteiger partial charge in [-0.3, -0.25) is 9.59 Å². The number of hydrogen-bond acceptors (Lipinski definition) is 4. The molecule has 2 aliphatic heterocycles. The molecule has 3 rings (SSSR count). The lowest BCUT2D eigenvalue weighted by Gasteiger charge is -2.33. The number of carbonyl (C=O) groups is 2. The number of rotatable bonds is 5. The minimum absolute atomic E-state index is 0.0320. The maximum absolute atomic E-state index is 12.2. The Kier molecular flexibility index (Phi) is 5.35. The third-order valence-corrected chi connectivity index (χ3v) is 4.76. The Balaban J connectivity index is 1.48. The number of hydrogen-bond donors (Lipinski definition) is 0. The highest BCUT2D eigenvalue weighted by molar-refractivity contribution is 5.95. The molecule has 0 unspecified atom stereocenters. The SMILES string of the molecule is CCN1CCN(C(=O)COc2ccc(N3CCCC3=O)cc2)CC1. The summed E-state index contributed by atoms with van der Waals surface area (Å²) < 4.78 is 5.61. The van der Waals surface area contributed by atoms with Crippen LogP contribution in [0.4, 0.5) is 5.69 Å². The number of piperazine rings is 1. The summed E-state index contributed by atoms with van der Waals surface area (Å²) in [6.45, 7) is 7.42. The van der Waals surface area contributed by atoms with Gasteiger partial charge in [0.15, 0.2) is 6.61 Å². The van der Waals surface area contributed by atoms with Crippen LogP contribution in [-0.2, 0) is 9.59 Å². The Morgan fingerprint density at radius 1 is 1.08 bits per heavy atom. The highest BCUT2D eigenvalue weighted by Crippen LogP contribution is 2.23. The van der Waals surface area contributed by atoms with E-state index in [-0.39, 0.29) is 18.4 Å². The second-order valence-corrected chi connectivity index (χ2v) is 6.25. The summed E-state index contributed by atoms with van der Waals surface area (Å²) in [5, 5.41) is 0. The number of amides is 2. The van der Waals surface area contributed by atoms with Gasteiger partial charge in [0.05, 0.1) is 0 Å². The van der Waals surface area contributed by atoms with Crippen molar-refractivity contribution >= 4 is 17.5 Å². The summed E-state index contributed by atoms with van der Waals surface area (Å²) in [6, 6.07) is 7.40. The van der Waals surface area contributed by atoms with Crippen LogP contribution in [0.3, 0.4) is 0 Å². The first-order chi connectivity index (χ1) is 11.7. The standard InChI is InChI=1S/C18H25N3O3/c1-2-19-10-12-20(13-11-19)18(23)14-24-16-7-5-15(6-8-16)21-9-3-4-17(21)22/h5-8H,2-4,9-14H2,1H3. The molecule has 6 nitrogen and oxygen atoms in total. The first-order valence-electron chi connectivity index (χ1n) is 8.70. The van der Waals surface area contributed by atoms with Crippen molar-refractivity contribution in [2.45, 2.75) is 19.8 Å². The molecule has 0 bridgehead atoms. The molecule has 24 heavy (non-hydrogen) atoms. The van der Waals surface area contributed by atoms with E-state index in [0.29, 0.717) is 12.2 Å². The summed E-state index contributed by atoms with van der Waals surface area (Å²) in [5.74, 6) is 0.862. The van der Waals surface area contributed by atoms with Gasteiger partial charge in [-0.2, -0.15) is 0 Å². The largest absolute Gasteiger partial charge is 0.484 e. The molecule has 2 aliphatic rings. The molecule has 0 saturated carbocycles. The fourth-order valence-electron chi connectivity index (χ4n) is 3.19. The molecule has 0 atom stereocenters. The Morgan fingerprint density at radius 3 is 2.38 bits per heavy atom. The summed E-state index contributed by atoms with van der Waals surface area (Å²) in [5.41, 5.74) is 0.895. The molecule has 0 radical (unpaired) electrons. The van der Waals surface area contributed by atoms with E-state index in [1.807, 2.05) is 29.2 Å². The molecule has 1 aromatic rings. The van der Waals surface area contributed by atoms with Crippen LogP contribution in [0.25, 0.3) is 0 Å². The zero-order chi connectivity index (χ0) is 16.9. The van der Waals surface area contributed by atoms with Gasteiger partial charge in [0.2, 0.25) is 5.91 Å². The molecule has 6 heteroatoms. The van der Waals surface area contributed by atoms with E-state index in [9.17, 15) is 9.59 Å². The Labute approximate surface area is 143 Å². The van der Waals surface area contributed by atoms with Gasteiger partial charge in [0.1, 0.15) is 5.75 Å². The number of likely N-dealkylation sites (N-methyl/N-ethyl adjacent to an activating group) is 1. The van der Waals surface area contributed by atoms with E-state index in [1.165, 1.54) is 0 Å². The molecule has 0 N–H and O–H groups in total. The number of anilines is 1. The zero-order valence-electron chi connectivity index (χ0n) is 14.2. The van der Waals surface area contributed by atoms with Crippen LogP contribution in [0.2, 0.25) is 0 Å². The van der Waals surface area contributed by atoms with Crippen molar-refractivity contribution in [1.29, 1.82) is 0 Å². The van der Waals surface area contributed by atoms with Gasteiger partial charge < -0.3 is 19.4 Å². The van der Waals surface area contributed by atoms with Gasteiger partial charge in [0, 0.05) is 44.8 Å². The maximum Gasteiger partial charge on any atom is 0.260 e. The van der Waals surface area contributed by atoms with Crippen LogP contribution in [0.15, 0.2) is 24.3 Å². The van der Waals surface area contributed by atoms with Gasteiger partial charge in [-0.1, -0.05) is 6.92 Å². The third kappa shape index (κ3) is 3.87. The van der Waals surface area contributed by atoms with E-state index >= 15 is 0 Å². The quantitative estimate of drug-likeness (QED) is 0.817. The van der Waals surface area contributed by atoms with Crippen molar-refractivity contribution < 1.29 is 14.3 Å². The fourth-order valence-corrected chi connectivity index (χ4v) is 3.19. The van der Waals surface area contributed by atoms with E-state index in [0.717, 1.165) is 51.4 Å². The van der Waals surface area contributed by atoms with E-state index in [2.05, 4.69) is 11.8 Å². The smallest absolute Gasteiger partial charge is 0.260 e. The molecule has 2 amide bonds. The van der Waals surface area contributed by atoms with Crippen LogP contribution < -0.4 is 9.64 Å². The van der Waals surface area contributed by atoms with E-state index < -0.39 is 0 Å². The average molecular weight is 331 g/mol. The number of benzene rings is 1. The molecule has 0 aliphatic carbocycles. The van der Waals surface area contributed by atoms with Gasteiger partial charge in [-0.15, -0.1) is 0 Å². The maximum atomic E-state index is 12.2. The third-order valence-electron chi connectivity index (χ3n) is 4.76. The first-order valence-corrected chi connectivity index (χ1v) is 8.70. The lowest BCUT2D eigenvalue weighted by atomic mass is 10.3. The minimum atomic E-state index is 0.0320. The predicted octanol–water partition coefficient (Wildman–Crippen LogP) is 1.36. The van der Waals surface area contributed by atoms with E-state index in [4.69, 9.17) is 4.74 Å². The van der Waals surface area contributed by atoms with Crippen LogP contribution in [0.1, 0.15) is 19.8 Å². The first kappa shape index (κ1) is 16.8. The summed E-state index contributed by atoms with van der Waals surface area (Å²) in [6.07, 6.45) is 1.54. The van der Waals surface area contributed by atoms with E-state index in [1.54, 1.807) is 4.90 Å². The van der Waals surface area contributed by atoms with Gasteiger partial charge >= 0.3 is 0 Å². The number of ether oxygens (including phenoxy) is 1. The Bertz CT molecular complexity index is 580. The van der Waals surface area contributed by atoms with Crippen molar-refractivity contribution in [1.82, 2.24) is 9.80 Å². The van der Waals surface area contributed by atoms with Crippen LogP contribution >= 0.6 is 0 Å². The van der Waals surface area contributed by atoms with Crippen molar-refractivity contribution in [3.05, 3.63) is 24.3 Å². The van der Waals surface area contributed by atoms with Gasteiger partial charge in [0.25, 0.3) is 5.91 Å². The summed E-state index contributed by atoms with van der Waals surface area (Å²) in [7, 11) is 0. The highest BCUT2D eigenvalue weighted by atomic mass is 16.5. The summed E-state index contributed by atoms with van der Waals surface area (Å²) in [4.78, 5) is 29.9. The Hall–Kier alpha value is -2.08. The second-order valence-electron chi connectivity index (χ2n) is 6.25. The van der Waals surface area contributed by atoms with Crippen LogP contribution in [0.5, 0.6) is 5.75 Å². The molecule has 2 saturated heterocycles. The molecule has 2 fully saturated rings. The molecule has 1 aromatic carbocycles. The second kappa shape index (κ2) is 7.66. The number of nitrogens with zero attached hydrogens (tertiary/aromatic N) is 3. The molecule has 0 aromatic heterocycles. The summed E-state index contributed by atoms with van der Waals surface area (Å²) >= 11 is 0. The van der Waals surface area contributed by atoms with Crippen molar-refractivity contribution in [3.63, 3.8) is 0 Å². The van der Waals surface area contributed by atoms with Crippen LogP contribution in [0, 0.1) is 0 Å². The monoisotopic (exact) mass is 331 g/mol. The lowest BCUT2D eigenvalue weighted by Crippen LogP contribution is -2.49. The predicted molar refractivity (Wildman–Crippen MR) is 92.2 cm³/mol. The fraction of sp³-hybridized carbons (Fsp3) is 0.556. The number of carbonyl (C=O) groups excluding carboxylic acids is 2. The van der Waals surface area contributed by atoms with Crippen LogP contribution in [-0.4, -0.2) is 67.5 Å². The van der Waals surface area contributed by atoms with Crippen molar-refractivity contribution in [2.24, 2.45) is 0 Å². The lowest BCUT2D eigenvalue weighted by molar-refractivity contribution is -0.135. The van der Waals surface area contributed by atoms with Gasteiger partial charge in [-0.05, 0) is 37.2 Å². The zero-order valence-corrected chi connectivity index (χ0v) is 14.2. The molecule has 130 valence electrons. The molecular formula is C18H25N3O3. The van der Waals surface area contributed by atoms with Gasteiger partial charge in [-0.25, -0.2) is 0 Å². The molecular weight excluding hydrogens is 306 g/mol.